The highest BCUT2D eigenvalue weighted by molar-refractivity contribution is 7.92. The normalized spacial score (nSPS) is 12.0. The molecular weight excluding hydrogens is 1530 g/mol. The number of rotatable bonds is 18. The average Bonchev–Trinajstić information content (AvgIpc) is 1.63. The molecule has 580 valence electrons. The molecular formula is C84H88N12O10S6. The first-order chi connectivity index (χ1) is 53.5. The van der Waals surface area contributed by atoms with Gasteiger partial charge in [-0.25, -0.2) is 73.5 Å². The third-order valence-electron chi connectivity index (χ3n) is 19.0. The van der Waals surface area contributed by atoms with Crippen LogP contribution < -0.4 is 9.47 Å². The number of H-pyrrole nitrogens is 4. The Hall–Kier alpha value is -11.4. The molecule has 16 aromatic rings. The molecule has 0 aliphatic carbocycles. The van der Waals surface area contributed by atoms with Crippen molar-refractivity contribution in [2.45, 2.75) is 110 Å². The minimum Gasteiger partial charge on any atom is -0.497 e. The van der Waals surface area contributed by atoms with Crippen LogP contribution in [0.1, 0.15) is 72.2 Å². The van der Waals surface area contributed by atoms with Gasteiger partial charge in [-0.1, -0.05) is 72.8 Å². The molecule has 0 fully saturated rings. The maximum atomic E-state index is 12.3. The molecule has 0 unspecified atom stereocenters. The Morgan fingerprint density at radius 2 is 0.679 bits per heavy atom. The maximum Gasteiger partial charge on any atom is 0.180 e. The Balaban J connectivity index is 0.000000175. The second-order valence-corrected chi connectivity index (χ2v) is 39.1. The topological polar surface area (TPSA) is 321 Å². The minimum absolute atomic E-state index is 0. The lowest BCUT2D eigenvalue weighted by Gasteiger charge is -2.08. The number of aromatic nitrogens is 12. The van der Waals surface area contributed by atoms with Gasteiger partial charge in [0.1, 0.15) is 33.6 Å². The zero-order valence-electron chi connectivity index (χ0n) is 63.2. The number of fused-ring (bicyclic) bond motifs is 4. The van der Waals surface area contributed by atoms with Crippen LogP contribution in [0, 0.1) is 13.8 Å². The minimum atomic E-state index is -3.30. The van der Waals surface area contributed by atoms with Gasteiger partial charge in [-0.05, 0) is 192 Å². The van der Waals surface area contributed by atoms with Crippen molar-refractivity contribution in [3.8, 4) is 100 Å². The second-order valence-electron chi connectivity index (χ2n) is 27.5. The lowest BCUT2D eigenvalue weighted by molar-refractivity contribution is 0.415. The molecule has 0 bridgehead atoms. The summed E-state index contributed by atoms with van der Waals surface area (Å²) in [6, 6.07) is 44.8. The third-order valence-corrected chi connectivity index (χ3v) is 29.5. The van der Waals surface area contributed by atoms with Crippen LogP contribution in [0.3, 0.4) is 0 Å². The highest BCUT2D eigenvalue weighted by atomic mass is 32.2. The summed E-state index contributed by atoms with van der Waals surface area (Å²) < 4.78 is 109. The van der Waals surface area contributed by atoms with Crippen LogP contribution >= 0.6 is 22.7 Å². The van der Waals surface area contributed by atoms with E-state index >= 15 is 0 Å². The predicted molar refractivity (Wildman–Crippen MR) is 455 cm³/mol. The van der Waals surface area contributed by atoms with E-state index < -0.39 is 60.3 Å². The van der Waals surface area contributed by atoms with Crippen LogP contribution in [-0.4, -0.2) is 129 Å². The average molecular weight is 1620 g/mol. The molecule has 0 saturated heterocycles. The van der Waals surface area contributed by atoms with Gasteiger partial charge in [-0.15, -0.1) is 11.3 Å². The Bertz CT molecular complexity index is 6400. The van der Waals surface area contributed by atoms with Gasteiger partial charge in [0.2, 0.25) is 0 Å². The van der Waals surface area contributed by atoms with E-state index in [4.69, 9.17) is 29.4 Å². The van der Waals surface area contributed by atoms with E-state index in [1.54, 1.807) is 214 Å². The van der Waals surface area contributed by atoms with E-state index in [0.29, 0.717) is 53.7 Å². The molecule has 4 N–H and O–H groups in total. The van der Waals surface area contributed by atoms with E-state index in [2.05, 4.69) is 75.9 Å². The number of ether oxygens (including phenoxy) is 2. The smallest absolute Gasteiger partial charge is 0.180 e. The van der Waals surface area contributed by atoms with Gasteiger partial charge < -0.3 is 29.4 Å². The molecule has 0 aliphatic heterocycles. The lowest BCUT2D eigenvalue weighted by atomic mass is 10.1. The summed E-state index contributed by atoms with van der Waals surface area (Å²) >= 11 is 3.34. The van der Waals surface area contributed by atoms with Gasteiger partial charge >= 0.3 is 0 Å². The van der Waals surface area contributed by atoms with Crippen molar-refractivity contribution in [1.82, 2.24) is 59.8 Å². The molecule has 10 aromatic heterocycles. The molecule has 6 aromatic carbocycles. The molecule has 0 aliphatic rings. The second kappa shape index (κ2) is 32.5. The molecule has 0 spiro atoms. The summed E-state index contributed by atoms with van der Waals surface area (Å²) in [6.45, 7) is 17.6. The fourth-order valence-corrected chi connectivity index (χ4v) is 18.2. The van der Waals surface area contributed by atoms with E-state index in [1.807, 2.05) is 73.3 Å². The van der Waals surface area contributed by atoms with Crippen LogP contribution in [0.4, 0.5) is 0 Å². The summed E-state index contributed by atoms with van der Waals surface area (Å²) in [7, 11) is -9.90. The quantitative estimate of drug-likeness (QED) is 0.0620. The van der Waals surface area contributed by atoms with Crippen LogP contribution in [0.5, 0.6) is 11.5 Å². The maximum absolute atomic E-state index is 12.3. The summed E-state index contributed by atoms with van der Waals surface area (Å²) in [4.78, 5) is 52.2. The Labute approximate surface area is 663 Å². The first-order valence-electron chi connectivity index (χ1n) is 35.7. The monoisotopic (exact) mass is 1620 g/mol. The van der Waals surface area contributed by atoms with Crippen molar-refractivity contribution >= 4 is 107 Å². The van der Waals surface area contributed by atoms with E-state index in [9.17, 15) is 33.7 Å². The van der Waals surface area contributed by atoms with E-state index in [1.165, 1.54) is 16.0 Å². The number of nitrogens with one attached hydrogen (secondary N) is 4. The molecule has 28 heteroatoms. The van der Waals surface area contributed by atoms with E-state index in [-0.39, 0.29) is 5.71 Å². The standard InChI is InChI=1S/2C22H21N3O3S.2C20H19N3O2S2.4H2/c1-14(2)29(26,27)18-10-6-16(7-11-18)20-13-24-22-21(25-20)19(12-23-22)15-4-8-17(28-3)9-5-15;1-14(2)29(26,27)18-9-7-15(8-10-18)20-13-24-22-21(25-20)19(12-23-22)16-5-4-6-17(11-16)28-3;1-12(2)27(24,25)15-6-4-14(5-7-15)18-9-22-20-19(23-18)16(8-21-20)17-11-26-10-13(17)3;1-12(2)27(24,25)15-6-4-14(5-7-15)17-11-22-20-18(23-17)16(10-21-20)19-13(3)8-9-26-19;;;;/h2*4-14H,1-3H3,(H,23,24);2*4-12H,1-3H3,(H,21,22);4*1H. The van der Waals surface area contributed by atoms with Crippen LogP contribution in [0.25, 0.3) is 134 Å². The number of methoxy groups -OCH3 is 2. The van der Waals surface area contributed by atoms with Gasteiger partial charge in [-0.2, -0.15) is 11.3 Å². The third kappa shape index (κ3) is 16.2. The molecule has 0 radical (unpaired) electrons. The highest BCUT2D eigenvalue weighted by Crippen LogP contribution is 2.38. The summed E-state index contributed by atoms with van der Waals surface area (Å²) in [5, 5.41) is 4.46. The number of thiophene rings is 2. The Morgan fingerprint density at radius 3 is 1.01 bits per heavy atom. The fourth-order valence-electron chi connectivity index (χ4n) is 12.1. The highest BCUT2D eigenvalue weighted by Gasteiger charge is 2.25. The molecule has 0 atom stereocenters. The number of aromatic amines is 4. The summed E-state index contributed by atoms with van der Waals surface area (Å²) in [6.07, 6.45) is 14.4. The van der Waals surface area contributed by atoms with Gasteiger partial charge in [0.25, 0.3) is 0 Å². The van der Waals surface area contributed by atoms with Crippen molar-refractivity contribution in [2.24, 2.45) is 0 Å². The first kappa shape index (κ1) is 78.7. The van der Waals surface area contributed by atoms with Crippen molar-refractivity contribution in [3.05, 3.63) is 229 Å². The molecule has 0 saturated carbocycles. The zero-order chi connectivity index (χ0) is 79.6. The number of aryl methyl sites for hydroxylation is 2. The Kier molecular flexibility index (Phi) is 22.8. The number of nitrogens with zero attached hydrogens (tertiary/aromatic N) is 8. The van der Waals surface area contributed by atoms with Crippen molar-refractivity contribution < 1.29 is 48.9 Å². The predicted octanol–water partition coefficient (Wildman–Crippen LogP) is 19.6. The van der Waals surface area contributed by atoms with Gasteiger partial charge in [0.05, 0.1) is 102 Å². The Morgan fingerprint density at radius 1 is 0.348 bits per heavy atom. The number of hydrogen-bond donors (Lipinski definition) is 4. The van der Waals surface area contributed by atoms with Crippen LogP contribution in [0.15, 0.2) is 237 Å². The first-order valence-corrected chi connectivity index (χ1v) is 43.7. The molecule has 22 nitrogen and oxygen atoms in total. The number of benzene rings is 6. The van der Waals surface area contributed by atoms with E-state index in [0.717, 1.165) is 106 Å². The summed E-state index contributed by atoms with van der Waals surface area (Å²) in [5.74, 6) is 1.56. The van der Waals surface area contributed by atoms with Gasteiger partial charge in [-0.3, -0.25) is 0 Å². The number of sulfone groups is 4. The van der Waals surface area contributed by atoms with Gasteiger partial charge in [0.15, 0.2) is 61.9 Å². The lowest BCUT2D eigenvalue weighted by Crippen LogP contribution is -2.13. The SMILES string of the molecule is COc1ccc(-c2c[nH]c3ncc(-c4ccc(S(=O)(=O)C(C)C)cc4)nc23)cc1.COc1cccc(-c2c[nH]c3ncc(-c4ccc(S(=O)(=O)C(C)C)cc4)nc23)c1.Cc1ccsc1-c1c[nH]c2ncc(-c3ccc(S(=O)(=O)C(C)C)cc3)nc12.Cc1cscc1-c1c[nH]c2ncc(-c3ccc(S(=O)(=O)C(C)C)cc3)nc12.[HH].[HH].[HH].[HH]. The zero-order valence-corrected chi connectivity index (χ0v) is 68.1. The fraction of sp³-hybridized carbons (Fsp3) is 0.190. The van der Waals surface area contributed by atoms with Crippen molar-refractivity contribution in [1.29, 1.82) is 0 Å². The van der Waals surface area contributed by atoms with Crippen LogP contribution in [-0.2, 0) is 39.3 Å². The largest absolute Gasteiger partial charge is 0.497 e. The molecule has 16 rings (SSSR count). The molecule has 112 heavy (non-hydrogen) atoms. The molecule has 10 heterocycles. The van der Waals surface area contributed by atoms with Crippen molar-refractivity contribution in [2.75, 3.05) is 14.2 Å². The number of hydrogen-bond acceptors (Lipinski definition) is 20. The van der Waals surface area contributed by atoms with Crippen molar-refractivity contribution in [3.63, 3.8) is 0 Å². The molecule has 0 amide bonds. The summed E-state index contributed by atoms with van der Waals surface area (Å²) in [5.41, 5.74) is 21.5. The van der Waals surface area contributed by atoms with Gasteiger partial charge in [0, 0.05) is 79.9 Å². The van der Waals surface area contributed by atoms with Crippen LogP contribution in [0.2, 0.25) is 0 Å².